The van der Waals surface area contributed by atoms with Crippen molar-refractivity contribution < 1.29 is 9.21 Å². The van der Waals surface area contributed by atoms with Crippen LogP contribution in [0.15, 0.2) is 52.0 Å². The quantitative estimate of drug-likeness (QED) is 0.450. The maximum absolute atomic E-state index is 12.0. The van der Waals surface area contributed by atoms with Gasteiger partial charge in [-0.1, -0.05) is 58.2 Å². The van der Waals surface area contributed by atoms with E-state index in [9.17, 15) is 4.79 Å². The summed E-state index contributed by atoms with van der Waals surface area (Å²) in [7, 11) is 0. The van der Waals surface area contributed by atoms with Crippen molar-refractivity contribution in [3.8, 4) is 0 Å². The molecule has 112 valence electrons. The maximum atomic E-state index is 12.0. The number of hydrogen-bond donors (Lipinski definition) is 1. The number of alkyl halides is 3. The van der Waals surface area contributed by atoms with Crippen molar-refractivity contribution >= 4 is 64.1 Å². The molecular formula is C13H9Cl4NO2S. The average Bonchev–Trinajstić information content (AvgIpc) is 2.93. The molecule has 1 aromatic heterocycles. The van der Waals surface area contributed by atoms with Gasteiger partial charge < -0.3 is 9.73 Å². The lowest BCUT2D eigenvalue weighted by molar-refractivity contribution is 0.0922. The van der Waals surface area contributed by atoms with Gasteiger partial charge in [0.2, 0.25) is 3.79 Å². The Morgan fingerprint density at radius 2 is 1.86 bits per heavy atom. The molecule has 0 fully saturated rings. The van der Waals surface area contributed by atoms with Crippen molar-refractivity contribution in [1.82, 2.24) is 5.32 Å². The molecule has 1 amide bonds. The van der Waals surface area contributed by atoms with Gasteiger partial charge in [0.05, 0.1) is 6.26 Å². The first-order chi connectivity index (χ1) is 9.86. The number of carbonyl (C=O) groups is 1. The molecule has 0 bridgehead atoms. The minimum absolute atomic E-state index is 0.144. The Balaban J connectivity index is 2.12. The molecule has 1 heterocycles. The number of furan rings is 1. The van der Waals surface area contributed by atoms with E-state index in [4.69, 9.17) is 50.8 Å². The number of carbonyl (C=O) groups excluding carboxylic acids is 1. The standard InChI is InChI=1S/C13H9Cl4NO2S/c14-8-3-5-9(6-4-8)21-12(13(15,16)17)18-11(19)10-2-1-7-20-10/h1-7,12H,(H,18,19)/t12-/m1/s1. The number of nitrogens with one attached hydrogen (secondary N) is 1. The van der Waals surface area contributed by atoms with E-state index < -0.39 is 15.1 Å². The second-order valence-corrected chi connectivity index (χ2v) is 7.93. The summed E-state index contributed by atoms with van der Waals surface area (Å²) >= 11 is 24.8. The lowest BCUT2D eigenvalue weighted by Crippen LogP contribution is -2.41. The van der Waals surface area contributed by atoms with Crippen LogP contribution in [0.25, 0.3) is 0 Å². The summed E-state index contributed by atoms with van der Waals surface area (Å²) in [6.45, 7) is 0. The van der Waals surface area contributed by atoms with Crippen molar-refractivity contribution in [3.05, 3.63) is 53.4 Å². The molecular weight excluding hydrogens is 376 g/mol. The fourth-order valence-electron chi connectivity index (χ4n) is 1.43. The number of amides is 1. The van der Waals surface area contributed by atoms with Crippen LogP contribution in [-0.2, 0) is 0 Å². The van der Waals surface area contributed by atoms with Crippen LogP contribution in [-0.4, -0.2) is 15.1 Å². The first kappa shape index (κ1) is 16.8. The van der Waals surface area contributed by atoms with Gasteiger partial charge in [-0.2, -0.15) is 0 Å². The van der Waals surface area contributed by atoms with E-state index in [0.717, 1.165) is 4.90 Å². The third kappa shape index (κ3) is 5.01. The van der Waals surface area contributed by atoms with E-state index in [1.165, 1.54) is 24.1 Å². The Morgan fingerprint density at radius 3 is 2.38 bits per heavy atom. The minimum Gasteiger partial charge on any atom is -0.459 e. The minimum atomic E-state index is -1.69. The van der Waals surface area contributed by atoms with Gasteiger partial charge in [0, 0.05) is 9.92 Å². The Morgan fingerprint density at radius 1 is 1.19 bits per heavy atom. The van der Waals surface area contributed by atoms with Crippen molar-refractivity contribution in [2.75, 3.05) is 0 Å². The van der Waals surface area contributed by atoms with Gasteiger partial charge in [-0.05, 0) is 36.4 Å². The third-order valence-corrected chi connectivity index (χ3v) is 4.92. The molecule has 0 saturated heterocycles. The van der Waals surface area contributed by atoms with E-state index in [1.54, 1.807) is 30.3 Å². The van der Waals surface area contributed by atoms with E-state index in [-0.39, 0.29) is 5.76 Å². The normalized spacial score (nSPS) is 13.0. The number of hydrogen-bond acceptors (Lipinski definition) is 3. The molecule has 0 radical (unpaired) electrons. The predicted octanol–water partition coefficient (Wildman–Crippen LogP) is 5.15. The molecule has 2 rings (SSSR count). The first-order valence-electron chi connectivity index (χ1n) is 5.69. The maximum Gasteiger partial charge on any atom is 0.287 e. The molecule has 0 aliphatic carbocycles. The van der Waals surface area contributed by atoms with Crippen LogP contribution >= 0.6 is 58.2 Å². The van der Waals surface area contributed by atoms with Gasteiger partial charge in [0.1, 0.15) is 5.37 Å². The Bertz CT molecular complexity index is 596. The molecule has 0 aliphatic rings. The van der Waals surface area contributed by atoms with Crippen molar-refractivity contribution in [2.45, 2.75) is 14.1 Å². The predicted molar refractivity (Wildman–Crippen MR) is 87.6 cm³/mol. The van der Waals surface area contributed by atoms with Crippen molar-refractivity contribution in [3.63, 3.8) is 0 Å². The fraction of sp³-hybridized carbons (Fsp3) is 0.154. The number of benzene rings is 1. The fourth-order valence-corrected chi connectivity index (χ4v) is 2.98. The second-order valence-electron chi connectivity index (χ2n) is 3.94. The van der Waals surface area contributed by atoms with Gasteiger partial charge in [-0.3, -0.25) is 4.79 Å². The molecule has 1 atom stereocenters. The van der Waals surface area contributed by atoms with Gasteiger partial charge in [-0.15, -0.1) is 0 Å². The topological polar surface area (TPSA) is 42.2 Å². The monoisotopic (exact) mass is 383 g/mol. The van der Waals surface area contributed by atoms with E-state index in [2.05, 4.69) is 5.32 Å². The zero-order chi connectivity index (χ0) is 15.5. The summed E-state index contributed by atoms with van der Waals surface area (Å²) in [5.41, 5.74) is 0. The average molecular weight is 385 g/mol. The van der Waals surface area contributed by atoms with Crippen LogP contribution in [0.1, 0.15) is 10.6 Å². The molecule has 3 nitrogen and oxygen atoms in total. The largest absolute Gasteiger partial charge is 0.459 e. The molecule has 8 heteroatoms. The highest BCUT2D eigenvalue weighted by Crippen LogP contribution is 2.39. The summed E-state index contributed by atoms with van der Waals surface area (Å²) in [6, 6.07) is 10.1. The zero-order valence-corrected chi connectivity index (χ0v) is 14.2. The van der Waals surface area contributed by atoms with Crippen molar-refractivity contribution in [2.24, 2.45) is 0 Å². The molecule has 1 N–H and O–H groups in total. The Labute approximate surface area is 145 Å². The van der Waals surface area contributed by atoms with E-state index >= 15 is 0 Å². The summed E-state index contributed by atoms with van der Waals surface area (Å²) in [5, 5.41) is 2.43. The van der Waals surface area contributed by atoms with Crippen LogP contribution < -0.4 is 5.32 Å². The highest BCUT2D eigenvalue weighted by molar-refractivity contribution is 8.00. The smallest absolute Gasteiger partial charge is 0.287 e. The molecule has 0 spiro atoms. The van der Waals surface area contributed by atoms with E-state index in [1.807, 2.05) is 0 Å². The van der Waals surface area contributed by atoms with Gasteiger partial charge in [0.15, 0.2) is 5.76 Å². The lowest BCUT2D eigenvalue weighted by Gasteiger charge is -2.24. The van der Waals surface area contributed by atoms with Gasteiger partial charge in [0.25, 0.3) is 5.91 Å². The van der Waals surface area contributed by atoms with E-state index in [0.29, 0.717) is 5.02 Å². The molecule has 21 heavy (non-hydrogen) atoms. The first-order valence-corrected chi connectivity index (χ1v) is 8.09. The van der Waals surface area contributed by atoms with Crippen molar-refractivity contribution in [1.29, 1.82) is 0 Å². The van der Waals surface area contributed by atoms with Crippen LogP contribution in [0.5, 0.6) is 0 Å². The lowest BCUT2D eigenvalue weighted by atomic mass is 10.4. The number of halogens is 4. The molecule has 2 aromatic rings. The summed E-state index contributed by atoms with van der Waals surface area (Å²) in [4.78, 5) is 12.8. The molecule has 0 unspecified atom stereocenters. The third-order valence-electron chi connectivity index (χ3n) is 2.37. The summed E-state index contributed by atoms with van der Waals surface area (Å²) < 4.78 is 3.32. The highest BCUT2D eigenvalue weighted by Gasteiger charge is 2.35. The summed E-state index contributed by atoms with van der Waals surface area (Å²) in [6.07, 6.45) is 1.39. The van der Waals surface area contributed by atoms with Crippen LogP contribution in [0.4, 0.5) is 0 Å². The van der Waals surface area contributed by atoms with Crippen LogP contribution in [0.3, 0.4) is 0 Å². The Hall–Kier alpha value is -0.520. The zero-order valence-electron chi connectivity index (χ0n) is 10.4. The SMILES string of the molecule is O=C(N[C@H](Sc1ccc(Cl)cc1)C(Cl)(Cl)Cl)c1ccco1. The molecule has 1 aromatic carbocycles. The van der Waals surface area contributed by atoms with Crippen LogP contribution in [0.2, 0.25) is 5.02 Å². The van der Waals surface area contributed by atoms with Crippen LogP contribution in [0, 0.1) is 0 Å². The highest BCUT2D eigenvalue weighted by atomic mass is 35.6. The van der Waals surface area contributed by atoms with Gasteiger partial charge >= 0.3 is 0 Å². The number of thioether (sulfide) groups is 1. The summed E-state index contributed by atoms with van der Waals surface area (Å²) in [5.74, 6) is -0.316. The van der Waals surface area contributed by atoms with Gasteiger partial charge in [-0.25, -0.2) is 0 Å². The molecule has 0 saturated carbocycles. The Kier molecular flexibility index (Phi) is 5.74. The second kappa shape index (κ2) is 7.16. The molecule has 0 aliphatic heterocycles. The number of rotatable bonds is 4.